The Morgan fingerprint density at radius 2 is 0.848 bits per heavy atom. The normalized spacial score (nSPS) is 11.2. The summed E-state index contributed by atoms with van der Waals surface area (Å²) in [7, 11) is 0. The van der Waals surface area contributed by atoms with Gasteiger partial charge in [0, 0.05) is 17.9 Å². The SMILES string of the molecule is CCCCCCCCCCCCCCCCN(c1cccc(C)c1C)c1cccc(C)c1C. The molecule has 0 spiro atoms. The van der Waals surface area contributed by atoms with Crippen molar-refractivity contribution >= 4 is 11.4 Å². The van der Waals surface area contributed by atoms with Crippen LogP contribution < -0.4 is 4.90 Å². The molecule has 0 bridgehead atoms. The molecule has 0 fully saturated rings. The average molecular weight is 450 g/mol. The van der Waals surface area contributed by atoms with Crippen LogP contribution >= 0.6 is 0 Å². The summed E-state index contributed by atoms with van der Waals surface area (Å²) < 4.78 is 0. The minimum absolute atomic E-state index is 1.10. The standard InChI is InChI=1S/C32H51N/c1-6-7-8-9-10-11-12-13-14-15-16-17-18-19-26-33(31-24-20-22-27(2)29(31)4)32-25-21-23-28(3)30(32)5/h20-25H,6-19,26H2,1-5H3. The molecule has 0 aliphatic rings. The molecule has 2 rings (SSSR count). The third-order valence-corrected chi connectivity index (χ3v) is 7.47. The van der Waals surface area contributed by atoms with Crippen molar-refractivity contribution < 1.29 is 0 Å². The molecule has 0 N–H and O–H groups in total. The van der Waals surface area contributed by atoms with Gasteiger partial charge in [0.25, 0.3) is 0 Å². The molecule has 1 nitrogen and oxygen atoms in total. The topological polar surface area (TPSA) is 3.24 Å². The summed E-state index contributed by atoms with van der Waals surface area (Å²) in [5.74, 6) is 0. The molecule has 0 amide bonds. The molecule has 0 radical (unpaired) electrons. The van der Waals surface area contributed by atoms with Gasteiger partial charge in [-0.3, -0.25) is 0 Å². The van der Waals surface area contributed by atoms with Crippen LogP contribution in [0.25, 0.3) is 0 Å². The summed E-state index contributed by atoms with van der Waals surface area (Å²) in [6, 6.07) is 13.5. The van der Waals surface area contributed by atoms with E-state index in [0.29, 0.717) is 0 Å². The third-order valence-electron chi connectivity index (χ3n) is 7.47. The second-order valence-corrected chi connectivity index (χ2v) is 10.2. The maximum Gasteiger partial charge on any atom is 0.0443 e. The van der Waals surface area contributed by atoms with Gasteiger partial charge in [0.1, 0.15) is 0 Å². The lowest BCUT2D eigenvalue weighted by Crippen LogP contribution is -2.21. The van der Waals surface area contributed by atoms with Gasteiger partial charge in [-0.05, 0) is 68.5 Å². The van der Waals surface area contributed by atoms with Crippen LogP contribution in [-0.2, 0) is 0 Å². The Bertz CT molecular complexity index is 740. The Kier molecular flexibility index (Phi) is 13.3. The highest BCUT2D eigenvalue weighted by molar-refractivity contribution is 5.70. The zero-order chi connectivity index (χ0) is 23.9. The van der Waals surface area contributed by atoms with E-state index in [0.717, 1.165) is 6.54 Å². The van der Waals surface area contributed by atoms with Gasteiger partial charge in [-0.1, -0.05) is 115 Å². The van der Waals surface area contributed by atoms with Crippen molar-refractivity contribution in [2.75, 3.05) is 11.4 Å². The molecule has 0 heterocycles. The molecule has 33 heavy (non-hydrogen) atoms. The van der Waals surface area contributed by atoms with Crippen molar-refractivity contribution in [2.24, 2.45) is 0 Å². The molecule has 0 aromatic heterocycles. The maximum absolute atomic E-state index is 2.57. The van der Waals surface area contributed by atoms with E-state index in [1.807, 2.05) is 0 Å². The predicted octanol–water partition coefficient (Wildman–Crippen LogP) is 10.5. The van der Waals surface area contributed by atoms with Gasteiger partial charge in [0.15, 0.2) is 0 Å². The molecule has 184 valence electrons. The molecular formula is C32H51N. The second kappa shape index (κ2) is 16.0. The van der Waals surface area contributed by atoms with Gasteiger partial charge in [0.2, 0.25) is 0 Å². The van der Waals surface area contributed by atoms with Gasteiger partial charge in [-0.2, -0.15) is 0 Å². The predicted molar refractivity (Wildman–Crippen MR) is 149 cm³/mol. The molecule has 0 unspecified atom stereocenters. The first-order chi connectivity index (χ1) is 16.1. The van der Waals surface area contributed by atoms with Crippen molar-refractivity contribution in [2.45, 2.75) is 125 Å². The Morgan fingerprint density at radius 3 is 1.24 bits per heavy atom. The highest BCUT2D eigenvalue weighted by Gasteiger charge is 2.15. The lowest BCUT2D eigenvalue weighted by Gasteiger charge is -2.29. The van der Waals surface area contributed by atoms with E-state index >= 15 is 0 Å². The molecule has 0 atom stereocenters. The first-order valence-electron chi connectivity index (χ1n) is 14.0. The minimum Gasteiger partial charge on any atom is -0.341 e. The van der Waals surface area contributed by atoms with E-state index in [4.69, 9.17) is 0 Å². The number of benzene rings is 2. The summed E-state index contributed by atoms with van der Waals surface area (Å²) in [5, 5.41) is 0. The Labute approximate surface area is 206 Å². The maximum atomic E-state index is 2.57. The fourth-order valence-electron chi connectivity index (χ4n) is 4.89. The van der Waals surface area contributed by atoms with Gasteiger partial charge in [0.05, 0.1) is 0 Å². The van der Waals surface area contributed by atoms with Gasteiger partial charge in [-0.15, -0.1) is 0 Å². The van der Waals surface area contributed by atoms with Gasteiger partial charge >= 0.3 is 0 Å². The highest BCUT2D eigenvalue weighted by atomic mass is 15.1. The first-order valence-corrected chi connectivity index (χ1v) is 14.0. The largest absolute Gasteiger partial charge is 0.341 e. The Hall–Kier alpha value is -1.76. The zero-order valence-corrected chi connectivity index (χ0v) is 22.5. The molecule has 2 aromatic carbocycles. The summed E-state index contributed by atoms with van der Waals surface area (Å²) in [4.78, 5) is 2.57. The van der Waals surface area contributed by atoms with Gasteiger partial charge < -0.3 is 4.90 Å². The fraction of sp³-hybridized carbons (Fsp3) is 0.625. The Morgan fingerprint density at radius 1 is 0.485 bits per heavy atom. The van der Waals surface area contributed by atoms with E-state index in [2.05, 4.69) is 75.9 Å². The molecule has 0 aliphatic heterocycles. The van der Waals surface area contributed by atoms with E-state index in [1.165, 1.54) is 124 Å². The van der Waals surface area contributed by atoms with E-state index in [-0.39, 0.29) is 0 Å². The Balaban J connectivity index is 1.73. The first kappa shape index (κ1) is 27.5. The lowest BCUT2D eigenvalue weighted by atomic mass is 10.0. The fourth-order valence-corrected chi connectivity index (χ4v) is 4.89. The van der Waals surface area contributed by atoms with Crippen molar-refractivity contribution in [1.29, 1.82) is 0 Å². The smallest absolute Gasteiger partial charge is 0.0443 e. The van der Waals surface area contributed by atoms with Crippen molar-refractivity contribution in [3.63, 3.8) is 0 Å². The average Bonchev–Trinajstić information content (AvgIpc) is 2.81. The number of nitrogens with zero attached hydrogens (tertiary/aromatic N) is 1. The minimum atomic E-state index is 1.10. The molecule has 0 aliphatic carbocycles. The van der Waals surface area contributed by atoms with Crippen LogP contribution in [-0.4, -0.2) is 6.54 Å². The molecule has 0 saturated carbocycles. The van der Waals surface area contributed by atoms with Crippen LogP contribution in [0.2, 0.25) is 0 Å². The molecule has 2 aromatic rings. The lowest BCUT2D eigenvalue weighted by molar-refractivity contribution is 0.536. The monoisotopic (exact) mass is 449 g/mol. The van der Waals surface area contributed by atoms with Crippen LogP contribution in [0.5, 0.6) is 0 Å². The number of unbranched alkanes of at least 4 members (excludes halogenated alkanes) is 13. The molecular weight excluding hydrogens is 398 g/mol. The number of rotatable bonds is 17. The number of hydrogen-bond donors (Lipinski definition) is 0. The van der Waals surface area contributed by atoms with Crippen LogP contribution in [0.4, 0.5) is 11.4 Å². The molecule has 0 saturated heterocycles. The summed E-state index contributed by atoms with van der Waals surface area (Å²) in [6.45, 7) is 12.4. The molecule has 1 heteroatoms. The van der Waals surface area contributed by atoms with Crippen LogP contribution in [0.1, 0.15) is 119 Å². The van der Waals surface area contributed by atoms with E-state index in [1.54, 1.807) is 0 Å². The van der Waals surface area contributed by atoms with E-state index < -0.39 is 0 Å². The quantitative estimate of drug-likeness (QED) is 0.217. The zero-order valence-electron chi connectivity index (χ0n) is 22.5. The number of hydrogen-bond acceptors (Lipinski definition) is 1. The van der Waals surface area contributed by atoms with Crippen molar-refractivity contribution in [3.8, 4) is 0 Å². The van der Waals surface area contributed by atoms with Crippen molar-refractivity contribution in [1.82, 2.24) is 0 Å². The highest BCUT2D eigenvalue weighted by Crippen LogP contribution is 2.33. The number of anilines is 2. The van der Waals surface area contributed by atoms with E-state index in [9.17, 15) is 0 Å². The number of aryl methyl sites for hydroxylation is 2. The van der Waals surface area contributed by atoms with Crippen LogP contribution in [0.3, 0.4) is 0 Å². The second-order valence-electron chi connectivity index (χ2n) is 10.2. The van der Waals surface area contributed by atoms with Crippen LogP contribution in [0, 0.1) is 27.7 Å². The summed E-state index contributed by atoms with van der Waals surface area (Å²) >= 11 is 0. The van der Waals surface area contributed by atoms with Gasteiger partial charge in [-0.25, -0.2) is 0 Å². The van der Waals surface area contributed by atoms with Crippen molar-refractivity contribution in [3.05, 3.63) is 58.7 Å². The third kappa shape index (κ3) is 9.55. The summed E-state index contributed by atoms with van der Waals surface area (Å²) in [6.07, 6.45) is 19.7. The summed E-state index contributed by atoms with van der Waals surface area (Å²) in [5.41, 5.74) is 8.32. The van der Waals surface area contributed by atoms with Crippen LogP contribution in [0.15, 0.2) is 36.4 Å².